The fourth-order valence-electron chi connectivity index (χ4n) is 2.89. The molecule has 8 nitrogen and oxygen atoms in total. The Morgan fingerprint density at radius 1 is 1.38 bits per heavy atom. The molecule has 26 heavy (non-hydrogen) atoms. The zero-order valence-corrected chi connectivity index (χ0v) is 16.4. The third-order valence-corrected chi connectivity index (χ3v) is 7.98. The molecule has 0 unspecified atom stereocenters. The highest BCUT2D eigenvalue weighted by Crippen LogP contribution is 2.28. The highest BCUT2D eigenvalue weighted by Gasteiger charge is 2.32. The summed E-state index contributed by atoms with van der Waals surface area (Å²) in [6.07, 6.45) is 1.82. The molecule has 1 N–H and O–H groups in total. The van der Waals surface area contributed by atoms with Crippen molar-refractivity contribution in [1.82, 2.24) is 19.8 Å². The van der Waals surface area contributed by atoms with E-state index in [0.29, 0.717) is 41.9 Å². The van der Waals surface area contributed by atoms with Crippen LogP contribution in [-0.2, 0) is 27.8 Å². The van der Waals surface area contributed by atoms with Gasteiger partial charge in [-0.05, 0) is 38.3 Å². The van der Waals surface area contributed by atoms with Gasteiger partial charge in [-0.15, -0.1) is 11.3 Å². The van der Waals surface area contributed by atoms with E-state index in [-0.39, 0.29) is 18.4 Å². The van der Waals surface area contributed by atoms with Crippen molar-refractivity contribution in [1.29, 1.82) is 0 Å². The van der Waals surface area contributed by atoms with E-state index >= 15 is 0 Å². The number of thiophene rings is 1. The first-order chi connectivity index (χ1) is 12.4. The Morgan fingerprint density at radius 2 is 2.12 bits per heavy atom. The first kappa shape index (κ1) is 19.0. The zero-order valence-electron chi connectivity index (χ0n) is 14.8. The Labute approximate surface area is 156 Å². The van der Waals surface area contributed by atoms with E-state index < -0.39 is 10.0 Å². The smallest absolute Gasteiger partial charge is 0.252 e. The first-order valence-electron chi connectivity index (χ1n) is 8.56. The molecule has 0 radical (unpaired) electrons. The average Bonchev–Trinajstić information content (AvgIpc) is 3.29. The molecule has 2 aromatic heterocycles. The van der Waals surface area contributed by atoms with Crippen LogP contribution < -0.4 is 5.32 Å². The Hall–Kier alpha value is -1.78. The summed E-state index contributed by atoms with van der Waals surface area (Å²) in [4.78, 5) is 17.4. The minimum Gasteiger partial charge on any atom is -0.347 e. The lowest BCUT2D eigenvalue weighted by atomic mass is 9.97. The molecule has 1 saturated heterocycles. The van der Waals surface area contributed by atoms with Crippen LogP contribution in [0.4, 0.5) is 0 Å². The first-order valence-corrected chi connectivity index (χ1v) is 10.8. The number of hydrogen-bond donors (Lipinski definition) is 1. The maximum absolute atomic E-state index is 12.7. The van der Waals surface area contributed by atoms with Crippen LogP contribution in [0.5, 0.6) is 0 Å². The molecule has 0 saturated carbocycles. The summed E-state index contributed by atoms with van der Waals surface area (Å²) in [5.41, 5.74) is 0. The Morgan fingerprint density at radius 3 is 2.69 bits per heavy atom. The number of carbonyl (C=O) groups is 1. The maximum Gasteiger partial charge on any atom is 0.252 e. The van der Waals surface area contributed by atoms with Crippen LogP contribution in [-0.4, -0.2) is 41.9 Å². The molecule has 0 atom stereocenters. The number of amides is 1. The lowest BCUT2D eigenvalue weighted by Gasteiger charge is -2.30. The molecule has 1 fully saturated rings. The summed E-state index contributed by atoms with van der Waals surface area (Å²) < 4.78 is 32.2. The molecule has 0 bridgehead atoms. The SMILES string of the molecule is CCc1ccc(S(=O)(=O)N2CCC(C(=O)NCc3nc(C)no3)CC2)s1. The summed E-state index contributed by atoms with van der Waals surface area (Å²) in [7, 11) is -3.47. The van der Waals surface area contributed by atoms with E-state index in [2.05, 4.69) is 15.5 Å². The van der Waals surface area contributed by atoms with Crippen molar-refractivity contribution in [2.45, 2.75) is 43.9 Å². The molecule has 3 heterocycles. The van der Waals surface area contributed by atoms with Crippen LogP contribution in [0.25, 0.3) is 0 Å². The molecule has 0 aromatic carbocycles. The van der Waals surface area contributed by atoms with Gasteiger partial charge in [-0.3, -0.25) is 4.79 Å². The van der Waals surface area contributed by atoms with Crippen molar-refractivity contribution in [2.24, 2.45) is 5.92 Å². The Balaban J connectivity index is 1.54. The number of nitrogens with zero attached hydrogens (tertiary/aromatic N) is 3. The number of sulfonamides is 1. The molecule has 3 rings (SSSR count). The molecule has 142 valence electrons. The topological polar surface area (TPSA) is 105 Å². The van der Waals surface area contributed by atoms with Crippen LogP contribution in [0.1, 0.15) is 36.4 Å². The number of piperidine rings is 1. The molecule has 0 aliphatic carbocycles. The number of hydrogen-bond acceptors (Lipinski definition) is 7. The van der Waals surface area contributed by atoms with Gasteiger partial charge >= 0.3 is 0 Å². The standard InChI is InChI=1S/C16H22N4O4S2/c1-3-13-4-5-15(25-13)26(22,23)20-8-6-12(7-9-20)16(21)17-10-14-18-11(2)19-24-14/h4-5,12H,3,6-10H2,1-2H3,(H,17,21). The predicted octanol–water partition coefficient (Wildman–Crippen LogP) is 1.72. The zero-order chi connectivity index (χ0) is 18.7. The van der Waals surface area contributed by atoms with Gasteiger partial charge in [-0.25, -0.2) is 8.42 Å². The quantitative estimate of drug-likeness (QED) is 0.794. The number of aromatic nitrogens is 2. The van der Waals surface area contributed by atoms with Gasteiger partial charge in [0.05, 0.1) is 6.54 Å². The van der Waals surface area contributed by atoms with Gasteiger partial charge in [-0.1, -0.05) is 12.1 Å². The minimum atomic E-state index is -3.47. The summed E-state index contributed by atoms with van der Waals surface area (Å²) in [6.45, 7) is 4.59. The van der Waals surface area contributed by atoms with Gasteiger partial charge in [-0.2, -0.15) is 9.29 Å². The minimum absolute atomic E-state index is 0.109. The number of carbonyl (C=O) groups excluding carboxylic acids is 1. The summed E-state index contributed by atoms with van der Waals surface area (Å²) in [5.74, 6) is 0.565. The fraction of sp³-hybridized carbons (Fsp3) is 0.562. The van der Waals surface area contributed by atoms with Gasteiger partial charge < -0.3 is 9.84 Å². The predicted molar refractivity (Wildman–Crippen MR) is 96.1 cm³/mol. The third kappa shape index (κ3) is 4.13. The van der Waals surface area contributed by atoms with Crippen LogP contribution in [0.2, 0.25) is 0 Å². The normalized spacial score (nSPS) is 16.7. The molecular formula is C16H22N4O4S2. The maximum atomic E-state index is 12.7. The highest BCUT2D eigenvalue weighted by atomic mass is 32.2. The van der Waals surface area contributed by atoms with Gasteiger partial charge in [0.1, 0.15) is 4.21 Å². The second-order valence-corrected chi connectivity index (χ2v) is 9.54. The van der Waals surface area contributed by atoms with E-state index in [1.807, 2.05) is 13.0 Å². The molecule has 0 spiro atoms. The summed E-state index contributed by atoms with van der Waals surface area (Å²) >= 11 is 1.32. The van der Waals surface area contributed by atoms with E-state index in [0.717, 1.165) is 11.3 Å². The van der Waals surface area contributed by atoms with Crippen LogP contribution in [0, 0.1) is 12.8 Å². The van der Waals surface area contributed by atoms with Crippen LogP contribution >= 0.6 is 11.3 Å². The lowest BCUT2D eigenvalue weighted by molar-refractivity contribution is -0.126. The number of aryl methyl sites for hydroxylation is 2. The molecule has 2 aromatic rings. The van der Waals surface area contributed by atoms with E-state index in [4.69, 9.17) is 4.52 Å². The second-order valence-electron chi connectivity index (χ2n) is 6.21. The van der Waals surface area contributed by atoms with Crippen molar-refractivity contribution < 1.29 is 17.7 Å². The molecule has 1 amide bonds. The van der Waals surface area contributed by atoms with Crippen molar-refractivity contribution in [2.75, 3.05) is 13.1 Å². The van der Waals surface area contributed by atoms with E-state index in [1.54, 1.807) is 13.0 Å². The van der Waals surface area contributed by atoms with E-state index in [1.165, 1.54) is 15.6 Å². The molecule has 1 aliphatic rings. The van der Waals surface area contributed by atoms with Gasteiger partial charge in [0.2, 0.25) is 11.8 Å². The van der Waals surface area contributed by atoms with Crippen molar-refractivity contribution in [3.05, 3.63) is 28.7 Å². The summed E-state index contributed by atoms with van der Waals surface area (Å²) in [5, 5.41) is 6.45. The number of rotatable bonds is 6. The summed E-state index contributed by atoms with van der Waals surface area (Å²) in [6, 6.07) is 3.53. The lowest BCUT2D eigenvalue weighted by Crippen LogP contribution is -2.42. The number of nitrogens with one attached hydrogen (secondary N) is 1. The molecular weight excluding hydrogens is 376 g/mol. The van der Waals surface area contributed by atoms with Gasteiger partial charge in [0, 0.05) is 23.9 Å². The van der Waals surface area contributed by atoms with Crippen molar-refractivity contribution in [3.8, 4) is 0 Å². The average molecular weight is 399 g/mol. The fourth-order valence-corrected chi connectivity index (χ4v) is 5.81. The van der Waals surface area contributed by atoms with Crippen molar-refractivity contribution >= 4 is 27.3 Å². The monoisotopic (exact) mass is 398 g/mol. The van der Waals surface area contributed by atoms with Crippen LogP contribution in [0.15, 0.2) is 20.9 Å². The molecule has 10 heteroatoms. The Bertz CT molecular complexity index is 866. The van der Waals surface area contributed by atoms with E-state index in [9.17, 15) is 13.2 Å². The Kier molecular flexibility index (Phi) is 5.73. The van der Waals surface area contributed by atoms with Crippen LogP contribution in [0.3, 0.4) is 0 Å². The van der Waals surface area contributed by atoms with Gasteiger partial charge in [0.15, 0.2) is 5.82 Å². The van der Waals surface area contributed by atoms with Crippen molar-refractivity contribution in [3.63, 3.8) is 0 Å². The highest BCUT2D eigenvalue weighted by molar-refractivity contribution is 7.91. The second kappa shape index (κ2) is 7.85. The van der Waals surface area contributed by atoms with Gasteiger partial charge in [0.25, 0.3) is 10.0 Å². The molecule has 1 aliphatic heterocycles. The third-order valence-electron chi connectivity index (χ3n) is 4.39. The largest absolute Gasteiger partial charge is 0.347 e.